The van der Waals surface area contributed by atoms with E-state index in [0.717, 1.165) is 20.7 Å². The molecule has 0 saturated carbocycles. The number of benzene rings is 1. The molecule has 0 aliphatic carbocycles. The Bertz CT molecular complexity index is 522. The first-order valence-corrected chi connectivity index (χ1v) is 5.86. The normalized spacial score (nSPS) is 10.4. The molecule has 0 spiro atoms. The molecule has 0 bridgehead atoms. The molecule has 0 amide bonds. The minimum absolute atomic E-state index is 0.659. The van der Waals surface area contributed by atoms with Gasteiger partial charge in [0.2, 0.25) is 0 Å². The maximum Gasteiger partial charge on any atom is 0.140 e. The van der Waals surface area contributed by atoms with E-state index in [1.807, 2.05) is 31.2 Å². The summed E-state index contributed by atoms with van der Waals surface area (Å²) in [6.45, 7) is 1.94. The van der Waals surface area contributed by atoms with Gasteiger partial charge in [-0.1, -0.05) is 6.07 Å². The Morgan fingerprint density at radius 2 is 2.19 bits per heavy atom. The third kappa shape index (κ3) is 1.87. The van der Waals surface area contributed by atoms with E-state index >= 15 is 0 Å². The Kier molecular flexibility index (Phi) is 3.04. The van der Waals surface area contributed by atoms with Gasteiger partial charge in [0.1, 0.15) is 11.6 Å². The van der Waals surface area contributed by atoms with Gasteiger partial charge in [0.05, 0.1) is 22.1 Å². The van der Waals surface area contributed by atoms with Crippen molar-refractivity contribution in [3.05, 3.63) is 33.5 Å². The maximum absolute atomic E-state index is 5.98. The fourth-order valence-corrected chi connectivity index (χ4v) is 1.80. The summed E-state index contributed by atoms with van der Waals surface area (Å²) in [5, 5.41) is 4.38. The van der Waals surface area contributed by atoms with E-state index in [0.29, 0.717) is 5.82 Å². The van der Waals surface area contributed by atoms with Crippen LogP contribution in [0.3, 0.4) is 0 Å². The van der Waals surface area contributed by atoms with E-state index in [9.17, 15) is 0 Å². The van der Waals surface area contributed by atoms with Crippen LogP contribution in [0, 0.1) is 10.5 Å². The lowest BCUT2D eigenvalue weighted by Crippen LogP contribution is -2.02. The molecular formula is C11H12IN3O. The van der Waals surface area contributed by atoms with E-state index in [2.05, 4.69) is 27.7 Å². The lowest BCUT2D eigenvalue weighted by Gasteiger charge is -2.06. The van der Waals surface area contributed by atoms with Crippen molar-refractivity contribution < 1.29 is 4.74 Å². The van der Waals surface area contributed by atoms with Gasteiger partial charge in [0.15, 0.2) is 0 Å². The summed E-state index contributed by atoms with van der Waals surface area (Å²) in [4.78, 5) is 0. The standard InChI is InChI=1S/C11H12IN3O/c1-7-10(12)11(13)15(14-7)8-4-3-5-9(6-8)16-2/h3-6H,13H2,1-2H3. The third-order valence-electron chi connectivity index (χ3n) is 2.32. The smallest absolute Gasteiger partial charge is 0.140 e. The molecule has 5 heteroatoms. The lowest BCUT2D eigenvalue weighted by molar-refractivity contribution is 0.414. The Labute approximate surface area is 108 Å². The molecule has 1 heterocycles. The molecule has 2 aromatic rings. The van der Waals surface area contributed by atoms with Gasteiger partial charge in [-0.3, -0.25) is 0 Å². The number of aryl methyl sites for hydroxylation is 1. The van der Waals surface area contributed by atoms with Crippen molar-refractivity contribution in [2.45, 2.75) is 6.92 Å². The molecule has 0 unspecified atom stereocenters. The number of hydrogen-bond acceptors (Lipinski definition) is 3. The highest BCUT2D eigenvalue weighted by Crippen LogP contribution is 2.24. The molecule has 0 atom stereocenters. The van der Waals surface area contributed by atoms with Gasteiger partial charge in [-0.05, 0) is 41.6 Å². The number of rotatable bonds is 2. The van der Waals surface area contributed by atoms with Crippen LogP contribution in [0.1, 0.15) is 5.69 Å². The van der Waals surface area contributed by atoms with Crippen LogP contribution in [0.5, 0.6) is 5.75 Å². The van der Waals surface area contributed by atoms with Crippen molar-refractivity contribution in [2.24, 2.45) is 0 Å². The summed E-state index contributed by atoms with van der Waals surface area (Å²) in [6, 6.07) is 7.65. The zero-order chi connectivity index (χ0) is 11.7. The van der Waals surface area contributed by atoms with Crippen LogP contribution < -0.4 is 10.5 Å². The molecule has 84 valence electrons. The van der Waals surface area contributed by atoms with Gasteiger partial charge >= 0.3 is 0 Å². The first-order valence-electron chi connectivity index (χ1n) is 4.78. The summed E-state index contributed by atoms with van der Waals surface area (Å²) >= 11 is 2.19. The van der Waals surface area contributed by atoms with E-state index in [4.69, 9.17) is 10.5 Å². The molecule has 0 aliphatic heterocycles. The van der Waals surface area contributed by atoms with Crippen LogP contribution in [-0.2, 0) is 0 Å². The van der Waals surface area contributed by atoms with Crippen molar-refractivity contribution in [3.63, 3.8) is 0 Å². The third-order valence-corrected chi connectivity index (χ3v) is 3.65. The van der Waals surface area contributed by atoms with Gasteiger partial charge in [-0.15, -0.1) is 0 Å². The molecule has 1 aromatic heterocycles. The fourth-order valence-electron chi connectivity index (χ4n) is 1.47. The van der Waals surface area contributed by atoms with Crippen LogP contribution in [0.4, 0.5) is 5.82 Å². The first kappa shape index (κ1) is 11.3. The van der Waals surface area contributed by atoms with Gasteiger partial charge in [-0.25, -0.2) is 4.68 Å². The molecule has 0 radical (unpaired) electrons. The Balaban J connectivity index is 2.54. The topological polar surface area (TPSA) is 53.1 Å². The summed E-state index contributed by atoms with van der Waals surface area (Å²) in [7, 11) is 1.64. The Morgan fingerprint density at radius 3 is 2.75 bits per heavy atom. The maximum atomic E-state index is 5.98. The average Bonchev–Trinajstić information content (AvgIpc) is 2.57. The molecular weight excluding hydrogens is 317 g/mol. The van der Waals surface area contributed by atoms with Gasteiger partial charge in [-0.2, -0.15) is 5.10 Å². The number of ether oxygens (including phenoxy) is 1. The highest BCUT2D eigenvalue weighted by molar-refractivity contribution is 14.1. The highest BCUT2D eigenvalue weighted by Gasteiger charge is 2.11. The van der Waals surface area contributed by atoms with Crippen LogP contribution >= 0.6 is 22.6 Å². The summed E-state index contributed by atoms with van der Waals surface area (Å²) in [6.07, 6.45) is 0. The minimum Gasteiger partial charge on any atom is -0.497 e. The second-order valence-corrected chi connectivity index (χ2v) is 4.48. The molecule has 1 aromatic carbocycles. The minimum atomic E-state index is 0.659. The molecule has 0 aliphatic rings. The SMILES string of the molecule is COc1cccc(-n2nc(C)c(I)c2N)c1. The average molecular weight is 329 g/mol. The number of nitrogen functional groups attached to an aromatic ring is 1. The van der Waals surface area contributed by atoms with Crippen LogP contribution in [-0.4, -0.2) is 16.9 Å². The Hall–Kier alpha value is -1.24. The second-order valence-electron chi connectivity index (χ2n) is 3.40. The zero-order valence-corrected chi connectivity index (χ0v) is 11.2. The van der Waals surface area contributed by atoms with Crippen molar-refractivity contribution in [1.29, 1.82) is 0 Å². The predicted octanol–water partition coefficient (Wildman–Crippen LogP) is 2.38. The number of nitrogens with two attached hydrogens (primary N) is 1. The molecule has 0 saturated heterocycles. The van der Waals surface area contributed by atoms with E-state index in [-0.39, 0.29) is 0 Å². The van der Waals surface area contributed by atoms with Crippen molar-refractivity contribution in [2.75, 3.05) is 12.8 Å². The summed E-state index contributed by atoms with van der Waals surface area (Å²) in [5.41, 5.74) is 7.82. The predicted molar refractivity (Wildman–Crippen MR) is 72.0 cm³/mol. The monoisotopic (exact) mass is 329 g/mol. The number of methoxy groups -OCH3 is 1. The number of anilines is 1. The molecule has 4 nitrogen and oxygen atoms in total. The van der Waals surface area contributed by atoms with Gasteiger partial charge in [0.25, 0.3) is 0 Å². The van der Waals surface area contributed by atoms with Gasteiger partial charge in [0, 0.05) is 6.07 Å². The van der Waals surface area contributed by atoms with Crippen LogP contribution in [0.25, 0.3) is 5.69 Å². The van der Waals surface area contributed by atoms with E-state index in [1.165, 1.54) is 0 Å². The van der Waals surface area contributed by atoms with E-state index < -0.39 is 0 Å². The number of hydrogen-bond donors (Lipinski definition) is 1. The quantitative estimate of drug-likeness (QED) is 0.861. The lowest BCUT2D eigenvalue weighted by atomic mass is 10.3. The molecule has 2 N–H and O–H groups in total. The summed E-state index contributed by atoms with van der Waals surface area (Å²) < 4.78 is 7.88. The molecule has 16 heavy (non-hydrogen) atoms. The first-order chi connectivity index (χ1) is 7.63. The highest BCUT2D eigenvalue weighted by atomic mass is 127. The van der Waals surface area contributed by atoms with Crippen molar-refractivity contribution in [1.82, 2.24) is 9.78 Å². The molecule has 2 rings (SSSR count). The Morgan fingerprint density at radius 1 is 1.44 bits per heavy atom. The number of aromatic nitrogens is 2. The second kappa shape index (κ2) is 4.32. The van der Waals surface area contributed by atoms with Crippen molar-refractivity contribution >= 4 is 28.4 Å². The molecule has 0 fully saturated rings. The number of halogens is 1. The van der Waals surface area contributed by atoms with E-state index in [1.54, 1.807) is 11.8 Å². The van der Waals surface area contributed by atoms with Crippen molar-refractivity contribution in [3.8, 4) is 11.4 Å². The fraction of sp³-hybridized carbons (Fsp3) is 0.182. The summed E-state index contributed by atoms with van der Waals surface area (Å²) in [5.74, 6) is 1.45. The largest absolute Gasteiger partial charge is 0.497 e. The van der Waals surface area contributed by atoms with Crippen LogP contribution in [0.2, 0.25) is 0 Å². The number of nitrogens with zero attached hydrogens (tertiary/aromatic N) is 2. The van der Waals surface area contributed by atoms with Gasteiger partial charge < -0.3 is 10.5 Å². The van der Waals surface area contributed by atoms with Crippen LogP contribution in [0.15, 0.2) is 24.3 Å². The zero-order valence-electron chi connectivity index (χ0n) is 9.07.